The van der Waals surface area contributed by atoms with Gasteiger partial charge in [0, 0.05) is 0 Å². The molecule has 0 aliphatic carbocycles. The van der Waals surface area contributed by atoms with Crippen LogP contribution in [0, 0.1) is 12.8 Å². The average Bonchev–Trinajstić information content (AvgIpc) is 2.72. The number of methoxy groups -OCH3 is 1. The van der Waals surface area contributed by atoms with Crippen molar-refractivity contribution >= 4 is 29.6 Å². The molecule has 0 aromatic heterocycles. The number of aryl methyl sites for hydroxylation is 1. The molecule has 0 heterocycles. The van der Waals surface area contributed by atoms with E-state index in [0.717, 1.165) is 22.4 Å². The molecular formula is C24H30ClN3O3. The predicted molar refractivity (Wildman–Crippen MR) is 125 cm³/mol. The average molecular weight is 444 g/mol. The molecule has 6 nitrogen and oxygen atoms in total. The summed E-state index contributed by atoms with van der Waals surface area (Å²) in [7, 11) is 1.65. The maximum absolute atomic E-state index is 12.7. The van der Waals surface area contributed by atoms with E-state index in [0.29, 0.717) is 10.6 Å². The molecule has 31 heavy (non-hydrogen) atoms. The summed E-state index contributed by atoms with van der Waals surface area (Å²) >= 11 is 6.09. The molecule has 1 atom stereocenters. The number of amides is 2. The highest BCUT2D eigenvalue weighted by atomic mass is 35.5. The minimum absolute atomic E-state index is 0.142. The highest BCUT2D eigenvalue weighted by Gasteiger charge is 2.25. The van der Waals surface area contributed by atoms with Gasteiger partial charge in [-0.05, 0) is 59.7 Å². The Morgan fingerprint density at radius 3 is 2.39 bits per heavy atom. The van der Waals surface area contributed by atoms with Gasteiger partial charge in [-0.3, -0.25) is 9.59 Å². The van der Waals surface area contributed by atoms with E-state index in [4.69, 9.17) is 16.3 Å². The fourth-order valence-electron chi connectivity index (χ4n) is 3.12. The second-order valence-corrected chi connectivity index (χ2v) is 8.42. The third kappa shape index (κ3) is 6.31. The van der Waals surface area contributed by atoms with E-state index in [1.54, 1.807) is 37.6 Å². The summed E-state index contributed by atoms with van der Waals surface area (Å²) < 4.78 is 5.46. The van der Waals surface area contributed by atoms with Crippen LogP contribution in [-0.4, -0.2) is 31.2 Å². The lowest BCUT2D eigenvalue weighted by Crippen LogP contribution is -2.48. The highest BCUT2D eigenvalue weighted by Crippen LogP contribution is 2.29. The molecule has 0 saturated carbocycles. The van der Waals surface area contributed by atoms with Gasteiger partial charge < -0.3 is 10.1 Å². The number of halogens is 1. The van der Waals surface area contributed by atoms with Crippen molar-refractivity contribution in [2.24, 2.45) is 11.0 Å². The fourth-order valence-corrected chi connectivity index (χ4v) is 3.34. The number of carbonyl (C=O) groups is 2. The number of hydrogen-bond acceptors (Lipinski definition) is 4. The quantitative estimate of drug-likeness (QED) is 0.459. The first kappa shape index (κ1) is 24.4. The van der Waals surface area contributed by atoms with Crippen molar-refractivity contribution in [3.63, 3.8) is 0 Å². The normalized spacial score (nSPS) is 12.3. The lowest BCUT2D eigenvalue weighted by Gasteiger charge is -2.20. The van der Waals surface area contributed by atoms with Crippen molar-refractivity contribution in [2.45, 2.75) is 46.6 Å². The zero-order valence-corrected chi connectivity index (χ0v) is 19.6. The summed E-state index contributed by atoms with van der Waals surface area (Å²) in [5.74, 6) is 0.160. The van der Waals surface area contributed by atoms with Crippen LogP contribution in [0.25, 0.3) is 0 Å². The summed E-state index contributed by atoms with van der Waals surface area (Å²) in [6, 6.07) is 9.92. The Balaban J connectivity index is 2.13. The first-order chi connectivity index (χ1) is 14.6. The number of hydrogen-bond donors (Lipinski definition) is 2. The van der Waals surface area contributed by atoms with E-state index >= 15 is 0 Å². The number of hydrazone groups is 1. The van der Waals surface area contributed by atoms with Gasteiger partial charge in [0.2, 0.25) is 0 Å². The van der Waals surface area contributed by atoms with Crippen molar-refractivity contribution in [3.05, 3.63) is 63.7 Å². The summed E-state index contributed by atoms with van der Waals surface area (Å²) in [6.45, 7) is 9.83. The Morgan fingerprint density at radius 2 is 1.81 bits per heavy atom. The number of rotatable bonds is 8. The Morgan fingerprint density at radius 1 is 1.13 bits per heavy atom. The van der Waals surface area contributed by atoms with Gasteiger partial charge in [0.1, 0.15) is 11.8 Å². The van der Waals surface area contributed by atoms with Gasteiger partial charge >= 0.3 is 0 Å². The third-order valence-electron chi connectivity index (χ3n) is 4.97. The second-order valence-electron chi connectivity index (χ2n) is 8.01. The Labute approximate surface area is 189 Å². The number of ether oxygens (including phenoxy) is 1. The van der Waals surface area contributed by atoms with Crippen molar-refractivity contribution in [2.75, 3.05) is 7.11 Å². The van der Waals surface area contributed by atoms with Crippen LogP contribution in [0.4, 0.5) is 0 Å². The molecule has 0 fully saturated rings. The summed E-state index contributed by atoms with van der Waals surface area (Å²) in [6.07, 6.45) is 1.60. The van der Waals surface area contributed by atoms with Gasteiger partial charge in [-0.15, -0.1) is 0 Å². The molecule has 0 spiro atoms. The third-order valence-corrected chi connectivity index (χ3v) is 5.30. The Hall–Kier alpha value is -2.86. The summed E-state index contributed by atoms with van der Waals surface area (Å²) in [4.78, 5) is 25.3. The molecule has 166 valence electrons. The van der Waals surface area contributed by atoms with Gasteiger partial charge in [0.15, 0.2) is 0 Å². The van der Waals surface area contributed by atoms with E-state index in [9.17, 15) is 9.59 Å². The molecule has 0 saturated heterocycles. The van der Waals surface area contributed by atoms with Crippen LogP contribution in [0.5, 0.6) is 5.75 Å². The van der Waals surface area contributed by atoms with Crippen molar-refractivity contribution in [3.8, 4) is 5.75 Å². The highest BCUT2D eigenvalue weighted by molar-refractivity contribution is 6.33. The van der Waals surface area contributed by atoms with Crippen LogP contribution < -0.4 is 15.5 Å². The lowest BCUT2D eigenvalue weighted by molar-refractivity contribution is -0.123. The van der Waals surface area contributed by atoms with E-state index in [2.05, 4.69) is 29.7 Å². The minimum atomic E-state index is -0.760. The molecule has 2 aromatic carbocycles. The number of nitrogens with zero attached hydrogens (tertiary/aromatic N) is 1. The van der Waals surface area contributed by atoms with Gasteiger partial charge in [0.05, 0.1) is 23.9 Å². The van der Waals surface area contributed by atoms with Crippen LogP contribution in [0.1, 0.15) is 60.7 Å². The van der Waals surface area contributed by atoms with Gasteiger partial charge in [0.25, 0.3) is 11.8 Å². The molecule has 0 bridgehead atoms. The van der Waals surface area contributed by atoms with Crippen LogP contribution in [-0.2, 0) is 4.79 Å². The first-order valence-electron chi connectivity index (χ1n) is 10.2. The van der Waals surface area contributed by atoms with E-state index < -0.39 is 17.9 Å². The summed E-state index contributed by atoms with van der Waals surface area (Å²) in [5, 5.41) is 7.19. The SMILES string of the molecule is COc1cc(C)c(C=NNC(=O)C(NC(=O)c2ccccc2Cl)C(C)C)cc1C(C)C. The molecule has 2 amide bonds. The standard InChI is InChI=1S/C24H30ClN3O3/c1-14(2)19-12-17(16(5)11-21(19)31-6)13-26-28-24(30)22(15(3)4)27-23(29)18-9-7-8-10-20(18)25/h7-15,22H,1-6H3,(H,27,29)(H,28,30). The maximum Gasteiger partial charge on any atom is 0.262 e. The van der Waals surface area contributed by atoms with Crippen molar-refractivity contribution in [1.82, 2.24) is 10.7 Å². The lowest BCUT2D eigenvalue weighted by atomic mass is 9.97. The van der Waals surface area contributed by atoms with E-state index in [1.807, 2.05) is 32.9 Å². The van der Waals surface area contributed by atoms with Crippen LogP contribution in [0.3, 0.4) is 0 Å². The topological polar surface area (TPSA) is 79.8 Å². The van der Waals surface area contributed by atoms with Gasteiger partial charge in [-0.1, -0.05) is 51.4 Å². The smallest absolute Gasteiger partial charge is 0.262 e. The van der Waals surface area contributed by atoms with Crippen LogP contribution >= 0.6 is 11.6 Å². The van der Waals surface area contributed by atoms with Crippen LogP contribution in [0.15, 0.2) is 41.5 Å². The molecule has 0 radical (unpaired) electrons. The van der Waals surface area contributed by atoms with E-state index in [1.165, 1.54) is 0 Å². The largest absolute Gasteiger partial charge is 0.496 e. The maximum atomic E-state index is 12.7. The number of nitrogens with one attached hydrogen (secondary N) is 2. The number of carbonyl (C=O) groups excluding carboxylic acids is 2. The van der Waals surface area contributed by atoms with Crippen LogP contribution in [0.2, 0.25) is 5.02 Å². The molecule has 0 aliphatic rings. The van der Waals surface area contributed by atoms with Gasteiger partial charge in [-0.2, -0.15) is 5.10 Å². The number of benzene rings is 2. The van der Waals surface area contributed by atoms with Crippen molar-refractivity contribution < 1.29 is 14.3 Å². The molecule has 1 unspecified atom stereocenters. The molecular weight excluding hydrogens is 414 g/mol. The second kappa shape index (κ2) is 11.0. The van der Waals surface area contributed by atoms with E-state index in [-0.39, 0.29) is 11.8 Å². The fraction of sp³-hybridized carbons (Fsp3) is 0.375. The zero-order chi connectivity index (χ0) is 23.1. The molecule has 7 heteroatoms. The first-order valence-corrected chi connectivity index (χ1v) is 10.6. The monoisotopic (exact) mass is 443 g/mol. The summed E-state index contributed by atoms with van der Waals surface area (Å²) in [5.41, 5.74) is 5.78. The molecule has 2 N–H and O–H groups in total. The minimum Gasteiger partial charge on any atom is -0.496 e. The molecule has 0 aliphatic heterocycles. The zero-order valence-electron chi connectivity index (χ0n) is 18.8. The van der Waals surface area contributed by atoms with Gasteiger partial charge in [-0.25, -0.2) is 5.43 Å². The molecule has 2 aromatic rings. The molecule has 2 rings (SSSR count). The Bertz CT molecular complexity index is 971. The van der Waals surface area contributed by atoms with Crippen molar-refractivity contribution in [1.29, 1.82) is 0 Å². The Kier molecular flexibility index (Phi) is 8.63. The predicted octanol–water partition coefficient (Wildman–Crippen LogP) is 4.69.